The molecule has 146 valence electrons. The molecular weight excluding hydrogens is 344 g/mol. The number of nitrogens with two attached hydrogens (primary N) is 1. The molecule has 27 heavy (non-hydrogen) atoms. The Hall–Kier alpha value is -2.54. The van der Waals surface area contributed by atoms with Crippen molar-refractivity contribution in [2.24, 2.45) is 4.99 Å². The fourth-order valence-corrected chi connectivity index (χ4v) is 3.30. The van der Waals surface area contributed by atoms with Crippen molar-refractivity contribution in [2.75, 3.05) is 25.4 Å². The number of carbonyl (C=O) groups excluding carboxylic acids is 1. The first-order chi connectivity index (χ1) is 12.6. The molecule has 1 aromatic rings. The van der Waals surface area contributed by atoms with Crippen LogP contribution >= 0.6 is 0 Å². The van der Waals surface area contributed by atoms with Gasteiger partial charge in [0.2, 0.25) is 0 Å². The van der Waals surface area contributed by atoms with Gasteiger partial charge in [-0.05, 0) is 51.8 Å². The van der Waals surface area contributed by atoms with Gasteiger partial charge in [0.15, 0.2) is 0 Å². The number of likely N-dealkylation sites (tertiary alicyclic amines) is 1. The number of carbonyl (C=O) groups is 1. The molecular formula is C20H28N4O3. The Labute approximate surface area is 160 Å². The molecule has 2 aliphatic heterocycles. The average Bonchev–Trinajstić information content (AvgIpc) is 2.56. The van der Waals surface area contributed by atoms with E-state index in [9.17, 15) is 9.90 Å². The molecule has 3 rings (SSSR count). The van der Waals surface area contributed by atoms with E-state index >= 15 is 0 Å². The zero-order valence-electron chi connectivity index (χ0n) is 16.2. The van der Waals surface area contributed by atoms with Crippen LogP contribution in [0.25, 0.3) is 5.70 Å². The van der Waals surface area contributed by atoms with Gasteiger partial charge in [0.1, 0.15) is 5.60 Å². The number of nitrogen functional groups attached to an aromatic ring is 1. The number of fused-ring (bicyclic) bond motifs is 1. The third-order valence-corrected chi connectivity index (χ3v) is 4.83. The summed E-state index contributed by atoms with van der Waals surface area (Å²) in [5.74, 6) is 0. The van der Waals surface area contributed by atoms with Gasteiger partial charge in [-0.15, -0.1) is 0 Å². The molecule has 0 unspecified atom stereocenters. The van der Waals surface area contributed by atoms with E-state index < -0.39 is 11.2 Å². The van der Waals surface area contributed by atoms with Gasteiger partial charge in [0.05, 0.1) is 24.2 Å². The standard InChI is InChI=1S/C20H28N4O3/c1-14-16-6-5-15(21)11-17(16)22-13-24(14)12-20(26)7-9-23(10-8-20)18(25)27-19(2,3)4/h5-6,11,13,26H,1,7-10,12,21H2,2-4H3. The van der Waals surface area contributed by atoms with Crippen LogP contribution in [0.5, 0.6) is 0 Å². The normalized spacial score (nSPS) is 19.0. The summed E-state index contributed by atoms with van der Waals surface area (Å²) in [5, 5.41) is 11.0. The molecule has 0 bridgehead atoms. The van der Waals surface area contributed by atoms with Gasteiger partial charge >= 0.3 is 6.09 Å². The lowest BCUT2D eigenvalue weighted by molar-refractivity contribution is -0.0366. The lowest BCUT2D eigenvalue weighted by atomic mass is 9.90. The van der Waals surface area contributed by atoms with E-state index in [0.29, 0.717) is 38.2 Å². The van der Waals surface area contributed by atoms with Gasteiger partial charge in [0.25, 0.3) is 0 Å². The quantitative estimate of drug-likeness (QED) is 0.779. The summed E-state index contributed by atoms with van der Waals surface area (Å²) < 4.78 is 5.41. The molecule has 0 saturated carbocycles. The Morgan fingerprint density at radius 2 is 2.04 bits per heavy atom. The molecule has 0 aromatic heterocycles. The molecule has 7 heteroatoms. The van der Waals surface area contributed by atoms with Crippen LogP contribution in [0.2, 0.25) is 0 Å². The first-order valence-electron chi connectivity index (χ1n) is 9.16. The Balaban J connectivity index is 1.62. The maximum atomic E-state index is 12.2. The fraction of sp³-hybridized carbons (Fsp3) is 0.500. The smallest absolute Gasteiger partial charge is 0.410 e. The maximum Gasteiger partial charge on any atom is 0.410 e. The van der Waals surface area contributed by atoms with Crippen LogP contribution < -0.4 is 5.73 Å². The van der Waals surface area contributed by atoms with E-state index in [-0.39, 0.29) is 6.09 Å². The predicted octanol–water partition coefficient (Wildman–Crippen LogP) is 2.98. The van der Waals surface area contributed by atoms with Gasteiger partial charge in [-0.2, -0.15) is 0 Å². The molecule has 0 spiro atoms. The number of nitrogens with zero attached hydrogens (tertiary/aromatic N) is 3. The number of hydrogen-bond acceptors (Lipinski definition) is 6. The van der Waals surface area contributed by atoms with E-state index in [0.717, 1.165) is 16.9 Å². The van der Waals surface area contributed by atoms with Crippen LogP contribution in [0, 0.1) is 0 Å². The molecule has 0 radical (unpaired) electrons. The number of hydrogen-bond donors (Lipinski definition) is 2. The first kappa shape index (κ1) is 19.2. The van der Waals surface area contributed by atoms with Crippen molar-refractivity contribution in [1.29, 1.82) is 0 Å². The van der Waals surface area contributed by atoms with Crippen LogP contribution in [-0.4, -0.2) is 58.2 Å². The van der Waals surface area contributed by atoms with Gasteiger partial charge < -0.3 is 25.4 Å². The Morgan fingerprint density at radius 1 is 1.37 bits per heavy atom. The zero-order chi connectivity index (χ0) is 19.8. The topological polar surface area (TPSA) is 91.4 Å². The number of β-amino-alcohol motifs (C(OH)–C–C–N with tert-alkyl or cyclic N) is 1. The van der Waals surface area contributed by atoms with Gasteiger partial charge in [0, 0.05) is 30.0 Å². The van der Waals surface area contributed by atoms with Gasteiger partial charge in [-0.25, -0.2) is 9.79 Å². The molecule has 1 fully saturated rings. The molecule has 0 aliphatic carbocycles. The van der Waals surface area contributed by atoms with Crippen molar-refractivity contribution in [2.45, 2.75) is 44.8 Å². The van der Waals surface area contributed by atoms with E-state index in [4.69, 9.17) is 10.5 Å². The minimum absolute atomic E-state index is 0.333. The van der Waals surface area contributed by atoms with Crippen molar-refractivity contribution in [1.82, 2.24) is 9.80 Å². The van der Waals surface area contributed by atoms with E-state index in [2.05, 4.69) is 11.6 Å². The summed E-state index contributed by atoms with van der Waals surface area (Å²) >= 11 is 0. The number of anilines is 1. The summed E-state index contributed by atoms with van der Waals surface area (Å²) in [4.78, 5) is 20.1. The van der Waals surface area contributed by atoms with Crippen LogP contribution in [0.1, 0.15) is 39.2 Å². The highest BCUT2D eigenvalue weighted by molar-refractivity contribution is 5.87. The predicted molar refractivity (Wildman–Crippen MR) is 107 cm³/mol. The summed E-state index contributed by atoms with van der Waals surface area (Å²) in [7, 11) is 0. The van der Waals surface area contributed by atoms with Crippen LogP contribution in [0.4, 0.5) is 16.2 Å². The number of benzene rings is 1. The lowest BCUT2D eigenvalue weighted by Gasteiger charge is -2.41. The molecule has 2 aliphatic rings. The summed E-state index contributed by atoms with van der Waals surface area (Å²) in [6.45, 7) is 11.0. The van der Waals surface area contributed by atoms with Gasteiger partial charge in [-0.1, -0.05) is 6.58 Å². The average molecular weight is 372 g/mol. The monoisotopic (exact) mass is 372 g/mol. The second-order valence-electron chi connectivity index (χ2n) is 8.29. The van der Waals surface area contributed by atoms with Gasteiger partial charge in [-0.3, -0.25) is 0 Å². The molecule has 1 aromatic carbocycles. The van der Waals surface area contributed by atoms with Crippen molar-refractivity contribution in [3.63, 3.8) is 0 Å². The second kappa shape index (κ2) is 6.88. The maximum absolute atomic E-state index is 12.2. The molecule has 3 N–H and O–H groups in total. The Kier molecular flexibility index (Phi) is 4.90. The second-order valence-corrected chi connectivity index (χ2v) is 8.29. The third-order valence-electron chi connectivity index (χ3n) is 4.83. The van der Waals surface area contributed by atoms with Crippen molar-refractivity contribution in [3.05, 3.63) is 30.3 Å². The molecule has 7 nitrogen and oxygen atoms in total. The van der Waals surface area contributed by atoms with Crippen LogP contribution in [-0.2, 0) is 4.74 Å². The number of aliphatic hydroxyl groups is 1. The number of piperidine rings is 1. The number of aliphatic imine (C=N–C) groups is 1. The molecule has 1 amide bonds. The zero-order valence-corrected chi connectivity index (χ0v) is 16.2. The first-order valence-corrected chi connectivity index (χ1v) is 9.16. The lowest BCUT2D eigenvalue weighted by Crippen LogP contribution is -2.52. The van der Waals surface area contributed by atoms with Crippen molar-refractivity contribution in [3.8, 4) is 0 Å². The van der Waals surface area contributed by atoms with Crippen LogP contribution in [0.3, 0.4) is 0 Å². The minimum Gasteiger partial charge on any atom is -0.444 e. The van der Waals surface area contributed by atoms with E-state index in [1.807, 2.05) is 43.9 Å². The number of amides is 1. The Bertz CT molecular complexity index is 774. The largest absolute Gasteiger partial charge is 0.444 e. The van der Waals surface area contributed by atoms with Crippen LogP contribution in [0.15, 0.2) is 29.8 Å². The van der Waals surface area contributed by atoms with E-state index in [1.165, 1.54) is 0 Å². The summed E-state index contributed by atoms with van der Waals surface area (Å²) in [6, 6.07) is 5.52. The highest BCUT2D eigenvalue weighted by Crippen LogP contribution is 2.34. The molecule has 0 atom stereocenters. The highest BCUT2D eigenvalue weighted by Gasteiger charge is 2.37. The van der Waals surface area contributed by atoms with Crippen molar-refractivity contribution < 1.29 is 14.6 Å². The molecule has 2 heterocycles. The SMILES string of the molecule is C=C1c2ccc(N)cc2N=CN1CC1(O)CCN(C(=O)OC(C)(C)C)CC1. The molecule has 1 saturated heterocycles. The number of rotatable bonds is 2. The minimum atomic E-state index is -0.918. The Morgan fingerprint density at radius 3 is 2.67 bits per heavy atom. The number of ether oxygens (including phenoxy) is 1. The fourth-order valence-electron chi connectivity index (χ4n) is 3.30. The van der Waals surface area contributed by atoms with E-state index in [1.54, 1.807) is 11.2 Å². The summed E-state index contributed by atoms with van der Waals surface area (Å²) in [6.07, 6.45) is 2.29. The van der Waals surface area contributed by atoms with Crippen molar-refractivity contribution >= 4 is 29.5 Å². The summed E-state index contributed by atoms with van der Waals surface area (Å²) in [5.41, 5.74) is 7.48. The third kappa shape index (κ3) is 4.42. The highest BCUT2D eigenvalue weighted by atomic mass is 16.6.